The van der Waals surface area contributed by atoms with Gasteiger partial charge in [0, 0.05) is 18.8 Å². The van der Waals surface area contributed by atoms with Crippen LogP contribution in [0.5, 0.6) is 0 Å². The largest absolute Gasteiger partial charge is 0.348 e. The first kappa shape index (κ1) is 17.1. The van der Waals surface area contributed by atoms with E-state index in [-0.39, 0.29) is 42.3 Å². The molecule has 1 amide bonds. The number of amides is 1. The van der Waals surface area contributed by atoms with Crippen molar-refractivity contribution < 1.29 is 9.18 Å². The molecule has 0 bridgehead atoms. The first-order chi connectivity index (χ1) is 7.77. The number of nitrogens with zero attached hydrogens (tertiary/aromatic N) is 1. The highest BCUT2D eigenvalue weighted by atomic mass is 35.5. The minimum atomic E-state index is -0.580. The molecule has 1 aliphatic rings. The molecule has 7 heteroatoms. The highest BCUT2D eigenvalue weighted by Crippen LogP contribution is 2.07. The van der Waals surface area contributed by atoms with E-state index in [2.05, 4.69) is 15.6 Å². The molecule has 0 radical (unpaired) electrons. The second-order valence-corrected chi connectivity index (χ2v) is 3.87. The average Bonchev–Trinajstić information content (AvgIpc) is 2.31. The summed E-state index contributed by atoms with van der Waals surface area (Å²) in [5.74, 6) is -0.947. The third-order valence-corrected chi connectivity index (χ3v) is 2.65. The van der Waals surface area contributed by atoms with E-state index >= 15 is 0 Å². The van der Waals surface area contributed by atoms with Crippen molar-refractivity contribution >= 4 is 30.7 Å². The van der Waals surface area contributed by atoms with Gasteiger partial charge in [0.1, 0.15) is 0 Å². The molecule has 1 aromatic rings. The first-order valence-electron chi connectivity index (χ1n) is 5.38. The van der Waals surface area contributed by atoms with Gasteiger partial charge in [-0.3, -0.25) is 9.78 Å². The van der Waals surface area contributed by atoms with Crippen LogP contribution in [0.1, 0.15) is 23.2 Å². The molecule has 1 atom stereocenters. The Labute approximate surface area is 118 Å². The Morgan fingerprint density at radius 1 is 1.50 bits per heavy atom. The number of rotatable bonds is 2. The lowest BCUT2D eigenvalue weighted by molar-refractivity contribution is 0.0926. The zero-order chi connectivity index (χ0) is 11.4. The summed E-state index contributed by atoms with van der Waals surface area (Å²) >= 11 is 0. The van der Waals surface area contributed by atoms with E-state index < -0.39 is 5.82 Å². The van der Waals surface area contributed by atoms with E-state index in [1.165, 1.54) is 12.3 Å². The number of nitrogens with one attached hydrogen (secondary N) is 2. The third kappa shape index (κ3) is 4.40. The molecular formula is C11H16Cl2FN3O. The van der Waals surface area contributed by atoms with Gasteiger partial charge in [0.2, 0.25) is 0 Å². The molecule has 0 aliphatic carbocycles. The number of hydrogen-bond acceptors (Lipinski definition) is 3. The maximum atomic E-state index is 13.3. The SMILES string of the molecule is Cl.Cl.O=C(N[C@H]1CCCNC1)c1ccncc1F. The maximum absolute atomic E-state index is 13.3. The summed E-state index contributed by atoms with van der Waals surface area (Å²) in [4.78, 5) is 15.3. The monoisotopic (exact) mass is 295 g/mol. The summed E-state index contributed by atoms with van der Waals surface area (Å²) in [7, 11) is 0. The van der Waals surface area contributed by atoms with Crippen LogP contribution in [0.4, 0.5) is 4.39 Å². The summed E-state index contributed by atoms with van der Waals surface area (Å²) in [6.45, 7) is 1.73. The first-order valence-corrected chi connectivity index (χ1v) is 5.38. The maximum Gasteiger partial charge on any atom is 0.254 e. The summed E-state index contributed by atoms with van der Waals surface area (Å²) in [5, 5.41) is 5.99. The van der Waals surface area contributed by atoms with Crippen LogP contribution >= 0.6 is 24.8 Å². The van der Waals surface area contributed by atoms with Crippen LogP contribution in [0.2, 0.25) is 0 Å². The van der Waals surface area contributed by atoms with Crippen molar-refractivity contribution in [2.75, 3.05) is 13.1 Å². The Morgan fingerprint density at radius 2 is 2.28 bits per heavy atom. The molecule has 1 fully saturated rings. The summed E-state index contributed by atoms with van der Waals surface area (Å²) in [6, 6.07) is 1.48. The Hall–Kier alpha value is -0.910. The van der Waals surface area contributed by atoms with Crippen LogP contribution in [0.15, 0.2) is 18.5 Å². The van der Waals surface area contributed by atoms with E-state index in [1.807, 2.05) is 0 Å². The lowest BCUT2D eigenvalue weighted by Gasteiger charge is -2.23. The molecule has 0 spiro atoms. The summed E-state index contributed by atoms with van der Waals surface area (Å²) in [5.41, 5.74) is 0.0561. The van der Waals surface area contributed by atoms with Gasteiger partial charge < -0.3 is 10.6 Å². The van der Waals surface area contributed by atoms with Crippen molar-refractivity contribution in [3.8, 4) is 0 Å². The second-order valence-electron chi connectivity index (χ2n) is 3.87. The Balaban J connectivity index is 0.00000144. The molecule has 18 heavy (non-hydrogen) atoms. The average molecular weight is 296 g/mol. The van der Waals surface area contributed by atoms with Gasteiger partial charge in [0.05, 0.1) is 11.8 Å². The lowest BCUT2D eigenvalue weighted by atomic mass is 10.1. The standard InChI is InChI=1S/C11H14FN3O.2ClH/c12-10-7-14-5-3-9(10)11(16)15-8-2-1-4-13-6-8;;/h3,5,7-8,13H,1-2,4,6H2,(H,15,16);2*1H/t8-;;/m0../s1. The van der Waals surface area contributed by atoms with E-state index in [4.69, 9.17) is 0 Å². The number of piperidine rings is 1. The number of hydrogen-bond donors (Lipinski definition) is 2. The van der Waals surface area contributed by atoms with Crippen LogP contribution in [0, 0.1) is 5.82 Å². The van der Waals surface area contributed by atoms with Crippen LogP contribution in [-0.4, -0.2) is 30.0 Å². The summed E-state index contributed by atoms with van der Waals surface area (Å²) < 4.78 is 13.3. The topological polar surface area (TPSA) is 54.0 Å². The van der Waals surface area contributed by atoms with Gasteiger partial charge in [-0.2, -0.15) is 0 Å². The predicted octanol–water partition coefficient (Wildman–Crippen LogP) is 1.55. The minimum absolute atomic E-state index is 0. The fourth-order valence-electron chi connectivity index (χ4n) is 1.80. The molecule has 0 unspecified atom stereocenters. The molecule has 1 saturated heterocycles. The van der Waals surface area contributed by atoms with E-state index in [0.29, 0.717) is 0 Å². The van der Waals surface area contributed by atoms with Crippen molar-refractivity contribution in [1.29, 1.82) is 0 Å². The number of carbonyl (C=O) groups is 1. The molecule has 102 valence electrons. The third-order valence-electron chi connectivity index (χ3n) is 2.65. The minimum Gasteiger partial charge on any atom is -0.348 e. The van der Waals surface area contributed by atoms with Crippen molar-refractivity contribution in [2.45, 2.75) is 18.9 Å². The highest BCUT2D eigenvalue weighted by molar-refractivity contribution is 5.94. The van der Waals surface area contributed by atoms with Gasteiger partial charge in [-0.1, -0.05) is 0 Å². The lowest BCUT2D eigenvalue weighted by Crippen LogP contribution is -2.45. The normalized spacial score (nSPS) is 18.2. The Bertz CT molecular complexity index is 386. The molecule has 0 saturated carbocycles. The number of carbonyl (C=O) groups excluding carboxylic acids is 1. The Kier molecular flexibility index (Phi) is 7.82. The molecule has 4 nitrogen and oxygen atoms in total. The van der Waals surface area contributed by atoms with Gasteiger partial charge in [-0.15, -0.1) is 24.8 Å². The van der Waals surface area contributed by atoms with Gasteiger partial charge in [-0.25, -0.2) is 4.39 Å². The van der Waals surface area contributed by atoms with Crippen LogP contribution in [-0.2, 0) is 0 Å². The van der Waals surface area contributed by atoms with Crippen molar-refractivity contribution in [3.63, 3.8) is 0 Å². The van der Waals surface area contributed by atoms with Crippen molar-refractivity contribution in [1.82, 2.24) is 15.6 Å². The van der Waals surface area contributed by atoms with Crippen molar-refractivity contribution in [3.05, 3.63) is 29.8 Å². The van der Waals surface area contributed by atoms with Crippen LogP contribution < -0.4 is 10.6 Å². The molecule has 2 rings (SSSR count). The zero-order valence-electron chi connectivity index (χ0n) is 9.69. The van der Waals surface area contributed by atoms with Gasteiger partial charge in [-0.05, 0) is 25.5 Å². The number of aromatic nitrogens is 1. The molecule has 0 aromatic carbocycles. The van der Waals surface area contributed by atoms with Gasteiger partial charge in [0.15, 0.2) is 5.82 Å². The summed E-state index contributed by atoms with van der Waals surface area (Å²) in [6.07, 6.45) is 4.43. The fourth-order valence-corrected chi connectivity index (χ4v) is 1.80. The van der Waals surface area contributed by atoms with E-state index in [0.717, 1.165) is 32.1 Å². The van der Waals surface area contributed by atoms with E-state index in [1.54, 1.807) is 0 Å². The van der Waals surface area contributed by atoms with Crippen LogP contribution in [0.25, 0.3) is 0 Å². The predicted molar refractivity (Wildman–Crippen MR) is 72.0 cm³/mol. The zero-order valence-corrected chi connectivity index (χ0v) is 11.3. The smallest absolute Gasteiger partial charge is 0.254 e. The molecule has 2 heterocycles. The molecule has 2 N–H and O–H groups in total. The number of pyridine rings is 1. The highest BCUT2D eigenvalue weighted by Gasteiger charge is 2.18. The quantitative estimate of drug-likeness (QED) is 0.870. The van der Waals surface area contributed by atoms with Crippen LogP contribution in [0.3, 0.4) is 0 Å². The molecule has 1 aliphatic heterocycles. The molecule has 1 aromatic heterocycles. The Morgan fingerprint density at radius 3 is 2.89 bits per heavy atom. The van der Waals surface area contributed by atoms with Crippen molar-refractivity contribution in [2.24, 2.45) is 0 Å². The van der Waals surface area contributed by atoms with Gasteiger partial charge >= 0.3 is 0 Å². The molecular weight excluding hydrogens is 280 g/mol. The van der Waals surface area contributed by atoms with E-state index in [9.17, 15) is 9.18 Å². The fraction of sp³-hybridized carbons (Fsp3) is 0.455. The second kappa shape index (κ2) is 8.24. The van der Waals surface area contributed by atoms with Gasteiger partial charge in [0.25, 0.3) is 5.91 Å². The number of halogens is 3.